The summed E-state index contributed by atoms with van der Waals surface area (Å²) >= 11 is 0. The number of carboxylic acid groups (broad SMARTS) is 1. The van der Waals surface area contributed by atoms with Gasteiger partial charge in [0, 0.05) is 18.3 Å². The van der Waals surface area contributed by atoms with Crippen LogP contribution in [0.4, 0.5) is 0 Å². The first-order chi connectivity index (χ1) is 10.7. The molecule has 5 nitrogen and oxygen atoms in total. The summed E-state index contributed by atoms with van der Waals surface area (Å²) in [6.45, 7) is 2.41. The van der Waals surface area contributed by atoms with Gasteiger partial charge in [-0.05, 0) is 24.6 Å². The van der Waals surface area contributed by atoms with E-state index in [1.165, 1.54) is 0 Å². The van der Waals surface area contributed by atoms with E-state index >= 15 is 0 Å². The summed E-state index contributed by atoms with van der Waals surface area (Å²) in [6, 6.07) is 10.7. The lowest BCUT2D eigenvalue weighted by Gasteiger charge is -2.15. The van der Waals surface area contributed by atoms with Gasteiger partial charge in [0.2, 0.25) is 0 Å². The lowest BCUT2D eigenvalue weighted by atomic mass is 10.1. The van der Waals surface area contributed by atoms with Gasteiger partial charge in [0.05, 0.1) is 6.20 Å². The van der Waals surface area contributed by atoms with Crippen molar-refractivity contribution in [2.45, 2.75) is 32.4 Å². The monoisotopic (exact) mass is 300 g/mol. The molecule has 0 aliphatic carbocycles. The molecule has 0 amide bonds. The standard InChI is InChI=1S/C17H20N2O3/c1-2-6-15(17(20)21)19-11-13-7-3-4-9-16(13)22-14-8-5-10-18-12-14/h3-5,7-10,12,15,19H,2,6,11H2,1H3,(H,20,21). The minimum absolute atomic E-state index is 0.438. The third-order valence-electron chi connectivity index (χ3n) is 3.25. The normalized spacial score (nSPS) is 11.9. The van der Waals surface area contributed by atoms with Crippen LogP contribution in [0.5, 0.6) is 11.5 Å². The van der Waals surface area contributed by atoms with E-state index in [0.717, 1.165) is 12.0 Å². The Labute approximate surface area is 130 Å². The van der Waals surface area contributed by atoms with Crippen molar-refractivity contribution in [1.29, 1.82) is 0 Å². The third-order valence-corrected chi connectivity index (χ3v) is 3.25. The van der Waals surface area contributed by atoms with Crippen LogP contribution >= 0.6 is 0 Å². The van der Waals surface area contributed by atoms with Gasteiger partial charge < -0.3 is 15.2 Å². The molecule has 22 heavy (non-hydrogen) atoms. The van der Waals surface area contributed by atoms with Crippen LogP contribution in [0.1, 0.15) is 25.3 Å². The Morgan fingerprint density at radius 1 is 1.32 bits per heavy atom. The fourth-order valence-electron chi connectivity index (χ4n) is 2.12. The van der Waals surface area contributed by atoms with Gasteiger partial charge in [-0.25, -0.2) is 0 Å². The maximum absolute atomic E-state index is 11.2. The van der Waals surface area contributed by atoms with Gasteiger partial charge >= 0.3 is 5.97 Å². The summed E-state index contributed by atoms with van der Waals surface area (Å²) in [4.78, 5) is 15.2. The lowest BCUT2D eigenvalue weighted by Crippen LogP contribution is -2.36. The van der Waals surface area contributed by atoms with E-state index in [2.05, 4.69) is 10.3 Å². The molecule has 0 aliphatic heterocycles. The Morgan fingerprint density at radius 3 is 2.82 bits per heavy atom. The zero-order chi connectivity index (χ0) is 15.8. The molecule has 2 aromatic rings. The molecule has 5 heteroatoms. The average molecular weight is 300 g/mol. The summed E-state index contributed by atoms with van der Waals surface area (Å²) in [6.07, 6.45) is 4.74. The van der Waals surface area contributed by atoms with Gasteiger partial charge in [-0.2, -0.15) is 0 Å². The Morgan fingerprint density at radius 2 is 2.14 bits per heavy atom. The molecular weight excluding hydrogens is 280 g/mol. The number of para-hydroxylation sites is 1. The molecule has 0 fully saturated rings. The van der Waals surface area contributed by atoms with Crippen molar-refractivity contribution in [1.82, 2.24) is 10.3 Å². The fourth-order valence-corrected chi connectivity index (χ4v) is 2.12. The highest BCUT2D eigenvalue weighted by Crippen LogP contribution is 2.24. The molecule has 0 bridgehead atoms. The molecule has 0 aliphatic rings. The van der Waals surface area contributed by atoms with E-state index in [1.807, 2.05) is 37.3 Å². The highest BCUT2D eigenvalue weighted by Gasteiger charge is 2.16. The highest BCUT2D eigenvalue weighted by atomic mass is 16.5. The van der Waals surface area contributed by atoms with E-state index < -0.39 is 12.0 Å². The van der Waals surface area contributed by atoms with E-state index in [-0.39, 0.29) is 0 Å². The number of benzene rings is 1. The number of carboxylic acids is 1. The van der Waals surface area contributed by atoms with Gasteiger partial charge in [0.1, 0.15) is 17.5 Å². The topological polar surface area (TPSA) is 71.5 Å². The predicted molar refractivity (Wildman–Crippen MR) is 83.9 cm³/mol. The first kappa shape index (κ1) is 16.0. The zero-order valence-corrected chi connectivity index (χ0v) is 12.5. The van der Waals surface area contributed by atoms with Gasteiger partial charge in [-0.15, -0.1) is 0 Å². The molecule has 2 rings (SSSR count). The molecule has 1 unspecified atom stereocenters. The van der Waals surface area contributed by atoms with Crippen molar-refractivity contribution in [2.75, 3.05) is 0 Å². The van der Waals surface area contributed by atoms with Crippen LogP contribution in [0, 0.1) is 0 Å². The van der Waals surface area contributed by atoms with Gasteiger partial charge in [0.15, 0.2) is 0 Å². The van der Waals surface area contributed by atoms with Crippen molar-refractivity contribution in [3.8, 4) is 11.5 Å². The quantitative estimate of drug-likeness (QED) is 0.783. The van der Waals surface area contributed by atoms with E-state index in [9.17, 15) is 9.90 Å². The molecule has 116 valence electrons. The molecule has 2 N–H and O–H groups in total. The number of carbonyl (C=O) groups is 1. The minimum atomic E-state index is -0.826. The largest absolute Gasteiger partial charge is 0.480 e. The summed E-state index contributed by atoms with van der Waals surface area (Å²) in [5.41, 5.74) is 0.911. The van der Waals surface area contributed by atoms with Crippen LogP contribution < -0.4 is 10.1 Å². The lowest BCUT2D eigenvalue weighted by molar-refractivity contribution is -0.139. The van der Waals surface area contributed by atoms with Gasteiger partial charge in [0.25, 0.3) is 0 Å². The molecule has 0 spiro atoms. The second kappa shape index (κ2) is 8.14. The first-order valence-corrected chi connectivity index (χ1v) is 7.32. The van der Waals surface area contributed by atoms with E-state index in [1.54, 1.807) is 18.5 Å². The van der Waals surface area contributed by atoms with Crippen LogP contribution in [0.2, 0.25) is 0 Å². The Kier molecular flexibility index (Phi) is 5.91. The van der Waals surface area contributed by atoms with Crippen molar-refractivity contribution in [3.63, 3.8) is 0 Å². The van der Waals surface area contributed by atoms with Crippen molar-refractivity contribution >= 4 is 5.97 Å². The highest BCUT2D eigenvalue weighted by molar-refractivity contribution is 5.73. The Balaban J connectivity index is 2.06. The van der Waals surface area contributed by atoms with Crippen molar-refractivity contribution in [3.05, 3.63) is 54.4 Å². The van der Waals surface area contributed by atoms with Crippen LogP contribution in [0.25, 0.3) is 0 Å². The van der Waals surface area contributed by atoms with Crippen LogP contribution in [-0.4, -0.2) is 22.1 Å². The summed E-state index contributed by atoms with van der Waals surface area (Å²) < 4.78 is 5.81. The fraction of sp³-hybridized carbons (Fsp3) is 0.294. The molecule has 1 aromatic carbocycles. The summed E-state index contributed by atoms with van der Waals surface area (Å²) in [5.74, 6) is 0.523. The molecule has 1 heterocycles. The predicted octanol–water partition coefficient (Wildman–Crippen LogP) is 3.22. The number of aliphatic carboxylic acids is 1. The number of aromatic nitrogens is 1. The van der Waals surface area contributed by atoms with Gasteiger partial charge in [-0.1, -0.05) is 31.5 Å². The minimum Gasteiger partial charge on any atom is -0.480 e. The number of hydrogen-bond acceptors (Lipinski definition) is 4. The molecule has 0 saturated carbocycles. The number of nitrogens with one attached hydrogen (secondary N) is 1. The Bertz CT molecular complexity index is 602. The first-order valence-electron chi connectivity index (χ1n) is 7.32. The van der Waals surface area contributed by atoms with Gasteiger partial charge in [-0.3, -0.25) is 9.78 Å². The molecule has 0 saturated heterocycles. The number of pyridine rings is 1. The number of nitrogens with zero attached hydrogens (tertiary/aromatic N) is 1. The zero-order valence-electron chi connectivity index (χ0n) is 12.5. The smallest absolute Gasteiger partial charge is 0.320 e. The molecular formula is C17H20N2O3. The average Bonchev–Trinajstić information content (AvgIpc) is 2.53. The maximum atomic E-state index is 11.2. The van der Waals surface area contributed by atoms with E-state index in [0.29, 0.717) is 24.5 Å². The second-order valence-electron chi connectivity index (χ2n) is 4.96. The molecule has 1 atom stereocenters. The van der Waals surface area contributed by atoms with Crippen molar-refractivity contribution < 1.29 is 14.6 Å². The summed E-state index contributed by atoms with van der Waals surface area (Å²) in [7, 11) is 0. The SMILES string of the molecule is CCCC(NCc1ccccc1Oc1cccnc1)C(=O)O. The van der Waals surface area contributed by atoms with Crippen LogP contribution in [0.15, 0.2) is 48.8 Å². The number of hydrogen-bond donors (Lipinski definition) is 2. The number of ether oxygens (including phenoxy) is 1. The maximum Gasteiger partial charge on any atom is 0.320 e. The molecule has 0 radical (unpaired) electrons. The van der Waals surface area contributed by atoms with Crippen LogP contribution in [0.3, 0.4) is 0 Å². The number of rotatable bonds is 8. The van der Waals surface area contributed by atoms with Crippen molar-refractivity contribution in [2.24, 2.45) is 0 Å². The van der Waals surface area contributed by atoms with Crippen LogP contribution in [-0.2, 0) is 11.3 Å². The summed E-state index contributed by atoms with van der Waals surface area (Å²) in [5, 5.41) is 12.3. The Hall–Kier alpha value is -2.40. The van der Waals surface area contributed by atoms with E-state index in [4.69, 9.17) is 4.74 Å². The third kappa shape index (κ3) is 4.56. The molecule has 1 aromatic heterocycles. The second-order valence-corrected chi connectivity index (χ2v) is 4.96.